The highest BCUT2D eigenvalue weighted by Gasteiger charge is 2.37. The van der Waals surface area contributed by atoms with Crippen molar-refractivity contribution in [1.82, 2.24) is 10.2 Å². The zero-order valence-corrected chi connectivity index (χ0v) is 23.8. The fourth-order valence-electron chi connectivity index (χ4n) is 3.94. The Labute approximate surface area is 234 Å². The van der Waals surface area contributed by atoms with Crippen LogP contribution in [0.3, 0.4) is 0 Å². The van der Waals surface area contributed by atoms with Gasteiger partial charge < -0.3 is 21.1 Å². The SMILES string of the molecule is C#CN(C(=O)C(CCC(N)=O)NC(=O)OC(C)(C)C)C(C(=O)Nc1c(C)cccc1Cl)c1ccc(C)cc1C. The zero-order chi connectivity index (χ0) is 29.5. The van der Waals surface area contributed by atoms with Gasteiger partial charge in [-0.2, -0.15) is 0 Å². The molecule has 0 spiro atoms. The number of hydrogen-bond acceptors (Lipinski definition) is 5. The average molecular weight is 555 g/mol. The molecule has 0 fully saturated rings. The standard InChI is InChI=1S/C29H35ClN4O5/c1-8-34(27(37)22(14-15-23(31)35)32-28(38)39-29(5,6)7)25(20-13-12-17(2)16-19(20)4)26(36)33-24-18(3)10-9-11-21(24)30/h1,9-13,16,22,25H,14-15H2,2-7H3,(H2,31,35)(H,32,38)(H,33,36). The maximum absolute atomic E-state index is 13.8. The second-order valence-electron chi connectivity index (χ2n) is 10.2. The number of hydrogen-bond donors (Lipinski definition) is 3. The number of ether oxygens (including phenoxy) is 1. The average Bonchev–Trinajstić information content (AvgIpc) is 2.81. The van der Waals surface area contributed by atoms with Crippen molar-refractivity contribution in [3.63, 3.8) is 0 Å². The molecule has 0 bridgehead atoms. The van der Waals surface area contributed by atoms with Crippen molar-refractivity contribution in [1.29, 1.82) is 0 Å². The van der Waals surface area contributed by atoms with Gasteiger partial charge >= 0.3 is 6.09 Å². The first-order valence-corrected chi connectivity index (χ1v) is 12.7. The summed E-state index contributed by atoms with van der Waals surface area (Å²) in [5.41, 5.74) is 7.68. The Balaban J connectivity index is 2.56. The van der Waals surface area contributed by atoms with Crippen LogP contribution in [0.15, 0.2) is 36.4 Å². The predicted molar refractivity (Wildman–Crippen MR) is 151 cm³/mol. The molecule has 0 aliphatic carbocycles. The van der Waals surface area contributed by atoms with E-state index in [0.717, 1.165) is 10.5 Å². The lowest BCUT2D eigenvalue weighted by atomic mass is 9.96. The van der Waals surface area contributed by atoms with E-state index in [2.05, 4.69) is 16.7 Å². The maximum atomic E-state index is 13.8. The molecule has 2 unspecified atom stereocenters. The van der Waals surface area contributed by atoms with E-state index < -0.39 is 41.5 Å². The molecule has 2 rings (SSSR count). The highest BCUT2D eigenvalue weighted by atomic mass is 35.5. The summed E-state index contributed by atoms with van der Waals surface area (Å²) in [7, 11) is 0. The second kappa shape index (κ2) is 13.2. The minimum absolute atomic E-state index is 0.156. The molecule has 2 aromatic carbocycles. The molecule has 0 radical (unpaired) electrons. The van der Waals surface area contributed by atoms with E-state index in [1.807, 2.05) is 13.0 Å². The van der Waals surface area contributed by atoms with Crippen LogP contribution < -0.4 is 16.4 Å². The monoisotopic (exact) mass is 554 g/mol. The number of primary amides is 1. The largest absolute Gasteiger partial charge is 0.444 e. The van der Waals surface area contributed by atoms with Crippen LogP contribution in [0.25, 0.3) is 0 Å². The summed E-state index contributed by atoms with van der Waals surface area (Å²) in [5, 5.41) is 5.59. The number of carbonyl (C=O) groups excluding carboxylic acids is 4. The summed E-state index contributed by atoms with van der Waals surface area (Å²) in [5.74, 6) is -2.08. The summed E-state index contributed by atoms with van der Waals surface area (Å²) in [6.07, 6.45) is 4.56. The number of para-hydroxylation sites is 1. The number of aryl methyl sites for hydroxylation is 3. The number of halogens is 1. The van der Waals surface area contributed by atoms with Crippen LogP contribution in [0.5, 0.6) is 0 Å². The Morgan fingerprint density at radius 3 is 2.31 bits per heavy atom. The number of nitrogens with two attached hydrogens (primary N) is 1. The molecule has 9 nitrogen and oxygen atoms in total. The molecule has 39 heavy (non-hydrogen) atoms. The lowest BCUT2D eigenvalue weighted by Gasteiger charge is -2.31. The van der Waals surface area contributed by atoms with Gasteiger partial charge in [0.1, 0.15) is 17.7 Å². The van der Waals surface area contributed by atoms with Crippen LogP contribution in [0, 0.1) is 33.2 Å². The molecule has 2 aromatic rings. The number of nitrogens with one attached hydrogen (secondary N) is 2. The van der Waals surface area contributed by atoms with Crippen molar-refractivity contribution in [3.8, 4) is 12.5 Å². The van der Waals surface area contributed by atoms with Crippen LogP contribution in [0.1, 0.15) is 61.9 Å². The quantitative estimate of drug-likeness (QED) is 0.310. The molecule has 0 aliphatic rings. The summed E-state index contributed by atoms with van der Waals surface area (Å²) in [6.45, 7) is 10.5. The minimum atomic E-state index is -1.30. The fourth-order valence-corrected chi connectivity index (χ4v) is 4.21. The summed E-state index contributed by atoms with van der Waals surface area (Å²) < 4.78 is 5.29. The number of alkyl carbamates (subject to hydrolysis) is 1. The lowest BCUT2D eigenvalue weighted by molar-refractivity contribution is -0.137. The normalized spacial score (nSPS) is 12.5. The smallest absolute Gasteiger partial charge is 0.408 e. The summed E-state index contributed by atoms with van der Waals surface area (Å²) >= 11 is 6.34. The molecule has 4 N–H and O–H groups in total. The summed E-state index contributed by atoms with van der Waals surface area (Å²) in [4.78, 5) is 52.6. The van der Waals surface area contributed by atoms with E-state index in [4.69, 9.17) is 28.5 Å². The number of carbonyl (C=O) groups is 4. The Kier molecular flexibility index (Phi) is 10.5. The van der Waals surface area contributed by atoms with Gasteiger partial charge in [-0.05, 0) is 70.7 Å². The molecule has 208 valence electrons. The third-order valence-corrected chi connectivity index (χ3v) is 6.06. The van der Waals surface area contributed by atoms with Gasteiger partial charge in [0.15, 0.2) is 0 Å². The van der Waals surface area contributed by atoms with Gasteiger partial charge in [-0.15, -0.1) is 0 Å². The van der Waals surface area contributed by atoms with Gasteiger partial charge in [-0.1, -0.05) is 53.9 Å². The van der Waals surface area contributed by atoms with Crippen molar-refractivity contribution < 1.29 is 23.9 Å². The van der Waals surface area contributed by atoms with Gasteiger partial charge in [-0.25, -0.2) is 4.79 Å². The Bertz CT molecular complexity index is 1280. The third kappa shape index (κ3) is 8.76. The van der Waals surface area contributed by atoms with Crippen molar-refractivity contribution in [2.24, 2.45) is 5.73 Å². The van der Waals surface area contributed by atoms with Gasteiger partial charge in [0.2, 0.25) is 5.91 Å². The Hall–Kier alpha value is -4.03. The first-order chi connectivity index (χ1) is 18.1. The van der Waals surface area contributed by atoms with Crippen LogP contribution in [-0.4, -0.2) is 40.4 Å². The fraction of sp³-hybridized carbons (Fsp3) is 0.379. The molecule has 0 saturated heterocycles. The van der Waals surface area contributed by atoms with E-state index in [1.165, 1.54) is 0 Å². The van der Waals surface area contributed by atoms with E-state index in [9.17, 15) is 19.2 Å². The van der Waals surface area contributed by atoms with Crippen molar-refractivity contribution >= 4 is 41.1 Å². The number of nitrogens with zero attached hydrogens (tertiary/aromatic N) is 1. The van der Waals surface area contributed by atoms with Crippen LogP contribution in [0.2, 0.25) is 5.02 Å². The minimum Gasteiger partial charge on any atom is -0.444 e. The highest BCUT2D eigenvalue weighted by molar-refractivity contribution is 6.34. The Morgan fingerprint density at radius 1 is 1.10 bits per heavy atom. The van der Waals surface area contributed by atoms with Crippen LogP contribution in [-0.2, 0) is 19.1 Å². The topological polar surface area (TPSA) is 131 Å². The van der Waals surface area contributed by atoms with Crippen molar-refractivity contribution in [3.05, 3.63) is 63.7 Å². The van der Waals surface area contributed by atoms with Gasteiger partial charge in [0, 0.05) is 12.5 Å². The first kappa shape index (κ1) is 31.2. The van der Waals surface area contributed by atoms with Crippen LogP contribution >= 0.6 is 11.6 Å². The van der Waals surface area contributed by atoms with Crippen molar-refractivity contribution in [2.75, 3.05) is 5.32 Å². The molecular weight excluding hydrogens is 520 g/mol. The Morgan fingerprint density at radius 2 is 1.77 bits per heavy atom. The molecule has 0 heterocycles. The van der Waals surface area contributed by atoms with E-state index >= 15 is 0 Å². The van der Waals surface area contributed by atoms with Gasteiger partial charge in [0.25, 0.3) is 11.8 Å². The van der Waals surface area contributed by atoms with Gasteiger partial charge in [0.05, 0.1) is 10.7 Å². The number of benzene rings is 2. The molecule has 4 amide bonds. The van der Waals surface area contributed by atoms with Crippen molar-refractivity contribution in [2.45, 2.75) is 72.1 Å². The molecule has 0 aliphatic heterocycles. The van der Waals surface area contributed by atoms with E-state index in [1.54, 1.807) is 65.0 Å². The van der Waals surface area contributed by atoms with Gasteiger partial charge in [-0.3, -0.25) is 19.3 Å². The highest BCUT2D eigenvalue weighted by Crippen LogP contribution is 2.31. The predicted octanol–water partition coefficient (Wildman–Crippen LogP) is 4.52. The number of anilines is 1. The molecule has 0 saturated carbocycles. The molecule has 10 heteroatoms. The molecular formula is C29H35ClN4O5. The third-order valence-electron chi connectivity index (χ3n) is 5.74. The molecule has 0 aromatic heterocycles. The lowest BCUT2D eigenvalue weighted by Crippen LogP contribution is -2.51. The number of terminal acetylenes is 1. The van der Waals surface area contributed by atoms with E-state index in [-0.39, 0.29) is 12.8 Å². The maximum Gasteiger partial charge on any atom is 0.408 e. The summed E-state index contributed by atoms with van der Waals surface area (Å²) in [6, 6.07) is 10.2. The zero-order valence-electron chi connectivity index (χ0n) is 23.1. The van der Waals surface area contributed by atoms with Crippen LogP contribution in [0.4, 0.5) is 10.5 Å². The van der Waals surface area contributed by atoms with E-state index in [0.29, 0.717) is 27.4 Å². The number of amides is 4. The second-order valence-corrected chi connectivity index (χ2v) is 10.6. The first-order valence-electron chi connectivity index (χ1n) is 12.3. The number of rotatable bonds is 9. The molecule has 2 atom stereocenters.